The number of methoxy groups -OCH3 is 2. The summed E-state index contributed by atoms with van der Waals surface area (Å²) >= 11 is 0. The molecule has 0 spiro atoms. The molecule has 1 aliphatic heterocycles. The predicted octanol–water partition coefficient (Wildman–Crippen LogP) is 2.20. The number of rotatable bonds is 8. The standard InChI is InChI=1S/C19H25NO6/c1-4-5-13-6-7-16(17(8-13)25-3)26-12-18(21)20-11-15(24-2)9-14(20)10-19(22)23/h4-8,14-15H,9-12H2,1-3H3,(H,22,23)/b5-4+. The third kappa shape index (κ3) is 4.98. The largest absolute Gasteiger partial charge is 0.493 e. The van der Waals surface area contributed by atoms with Gasteiger partial charge in [0.25, 0.3) is 5.91 Å². The molecule has 0 aromatic heterocycles. The van der Waals surface area contributed by atoms with E-state index < -0.39 is 5.97 Å². The molecule has 0 bridgehead atoms. The number of likely N-dealkylation sites (tertiary alicyclic amines) is 1. The van der Waals surface area contributed by atoms with Gasteiger partial charge < -0.3 is 24.2 Å². The number of carboxylic acids is 1. The Balaban J connectivity index is 2.04. The van der Waals surface area contributed by atoms with Gasteiger partial charge in [0.2, 0.25) is 0 Å². The number of carboxylic acid groups (broad SMARTS) is 1. The molecule has 142 valence electrons. The number of hydrogen-bond donors (Lipinski definition) is 1. The minimum Gasteiger partial charge on any atom is -0.493 e. The van der Waals surface area contributed by atoms with Crippen molar-refractivity contribution >= 4 is 18.0 Å². The van der Waals surface area contributed by atoms with E-state index in [0.717, 1.165) is 5.56 Å². The van der Waals surface area contributed by atoms with Gasteiger partial charge in [0.05, 0.1) is 19.6 Å². The molecule has 2 atom stereocenters. The zero-order valence-corrected chi connectivity index (χ0v) is 15.3. The summed E-state index contributed by atoms with van der Waals surface area (Å²) < 4.78 is 16.2. The Morgan fingerprint density at radius 2 is 2.08 bits per heavy atom. The van der Waals surface area contributed by atoms with Gasteiger partial charge in [-0.05, 0) is 31.0 Å². The Morgan fingerprint density at radius 1 is 1.31 bits per heavy atom. The van der Waals surface area contributed by atoms with E-state index >= 15 is 0 Å². The Morgan fingerprint density at radius 3 is 2.69 bits per heavy atom. The maximum Gasteiger partial charge on any atom is 0.305 e. The van der Waals surface area contributed by atoms with Crippen molar-refractivity contribution in [2.24, 2.45) is 0 Å². The van der Waals surface area contributed by atoms with Crippen LogP contribution < -0.4 is 9.47 Å². The van der Waals surface area contributed by atoms with Gasteiger partial charge in [0, 0.05) is 19.7 Å². The van der Waals surface area contributed by atoms with E-state index in [0.29, 0.717) is 24.5 Å². The van der Waals surface area contributed by atoms with Crippen molar-refractivity contribution in [3.8, 4) is 11.5 Å². The number of benzene rings is 1. The molecule has 1 heterocycles. The van der Waals surface area contributed by atoms with Crippen LogP contribution >= 0.6 is 0 Å². The minimum absolute atomic E-state index is 0.104. The van der Waals surface area contributed by atoms with Crippen molar-refractivity contribution in [3.63, 3.8) is 0 Å². The molecule has 1 aliphatic rings. The number of ether oxygens (including phenoxy) is 3. The van der Waals surface area contributed by atoms with E-state index in [-0.39, 0.29) is 31.1 Å². The first-order valence-corrected chi connectivity index (χ1v) is 8.46. The van der Waals surface area contributed by atoms with Gasteiger partial charge in [-0.15, -0.1) is 0 Å². The SMILES string of the molecule is C/C=C/c1ccc(OCC(=O)N2CC(OC)CC2CC(=O)O)c(OC)c1. The topological polar surface area (TPSA) is 85.3 Å². The van der Waals surface area contributed by atoms with Crippen LogP contribution in [0.25, 0.3) is 6.08 Å². The molecule has 0 radical (unpaired) electrons. The van der Waals surface area contributed by atoms with Gasteiger partial charge >= 0.3 is 5.97 Å². The Bertz CT molecular complexity index is 672. The molecule has 1 saturated heterocycles. The minimum atomic E-state index is -0.938. The fourth-order valence-corrected chi connectivity index (χ4v) is 3.07. The predicted molar refractivity (Wildman–Crippen MR) is 96.4 cm³/mol. The Labute approximate surface area is 153 Å². The van der Waals surface area contributed by atoms with Crippen molar-refractivity contribution in [1.29, 1.82) is 0 Å². The van der Waals surface area contributed by atoms with Crippen LogP contribution in [0.2, 0.25) is 0 Å². The van der Waals surface area contributed by atoms with Crippen LogP contribution in [-0.2, 0) is 14.3 Å². The Kier molecular flexibility index (Phi) is 7.03. The average molecular weight is 363 g/mol. The van der Waals surface area contributed by atoms with E-state index in [1.807, 2.05) is 31.2 Å². The van der Waals surface area contributed by atoms with Crippen LogP contribution in [0, 0.1) is 0 Å². The molecule has 0 saturated carbocycles. The molecule has 1 N–H and O–H groups in total. The molecule has 1 aromatic rings. The summed E-state index contributed by atoms with van der Waals surface area (Å²) in [5.41, 5.74) is 0.965. The van der Waals surface area contributed by atoms with Crippen LogP contribution in [-0.4, -0.2) is 61.4 Å². The fourth-order valence-electron chi connectivity index (χ4n) is 3.07. The summed E-state index contributed by atoms with van der Waals surface area (Å²) in [6.45, 7) is 2.10. The first-order chi connectivity index (χ1) is 12.5. The maximum atomic E-state index is 12.5. The highest BCUT2D eigenvalue weighted by Crippen LogP contribution is 2.29. The highest BCUT2D eigenvalue weighted by Gasteiger charge is 2.36. The van der Waals surface area contributed by atoms with Crippen molar-refractivity contribution in [2.45, 2.75) is 31.9 Å². The first kappa shape index (κ1) is 19.8. The normalized spacial score (nSPS) is 19.7. The lowest BCUT2D eigenvalue weighted by Crippen LogP contribution is -2.40. The van der Waals surface area contributed by atoms with Crippen molar-refractivity contribution in [1.82, 2.24) is 4.90 Å². The van der Waals surface area contributed by atoms with E-state index in [1.54, 1.807) is 13.2 Å². The number of nitrogens with zero attached hydrogens (tertiary/aromatic N) is 1. The number of carbonyl (C=O) groups excluding carboxylic acids is 1. The summed E-state index contributed by atoms with van der Waals surface area (Å²) in [7, 11) is 3.10. The molecule has 2 rings (SSSR count). The lowest BCUT2D eigenvalue weighted by molar-refractivity contribution is -0.140. The third-order valence-electron chi connectivity index (χ3n) is 4.34. The molecule has 1 amide bonds. The second-order valence-electron chi connectivity index (χ2n) is 6.09. The van der Waals surface area contributed by atoms with E-state index in [2.05, 4.69) is 0 Å². The van der Waals surface area contributed by atoms with Crippen molar-refractivity contribution in [3.05, 3.63) is 29.8 Å². The molecule has 0 aliphatic carbocycles. The van der Waals surface area contributed by atoms with Crippen LogP contribution in [0.15, 0.2) is 24.3 Å². The van der Waals surface area contributed by atoms with Gasteiger partial charge in [-0.2, -0.15) is 0 Å². The second kappa shape index (κ2) is 9.24. The van der Waals surface area contributed by atoms with E-state index in [4.69, 9.17) is 19.3 Å². The number of hydrogen-bond acceptors (Lipinski definition) is 5. The quantitative estimate of drug-likeness (QED) is 0.762. The van der Waals surface area contributed by atoms with Crippen LogP contribution in [0.4, 0.5) is 0 Å². The highest BCUT2D eigenvalue weighted by molar-refractivity contribution is 5.79. The molecule has 7 nitrogen and oxygen atoms in total. The number of allylic oxidation sites excluding steroid dienone is 1. The summed E-state index contributed by atoms with van der Waals surface area (Å²) in [5, 5.41) is 9.05. The average Bonchev–Trinajstić information content (AvgIpc) is 3.02. The Hall–Kier alpha value is -2.54. The van der Waals surface area contributed by atoms with Crippen LogP contribution in [0.5, 0.6) is 11.5 Å². The zero-order valence-electron chi connectivity index (χ0n) is 15.3. The molecular formula is C19H25NO6. The summed E-state index contributed by atoms with van der Waals surface area (Å²) in [5.74, 6) is -0.208. The first-order valence-electron chi connectivity index (χ1n) is 8.46. The van der Waals surface area contributed by atoms with Gasteiger partial charge in [-0.25, -0.2) is 0 Å². The summed E-state index contributed by atoms with van der Waals surface area (Å²) in [4.78, 5) is 25.1. The van der Waals surface area contributed by atoms with Crippen LogP contribution in [0.1, 0.15) is 25.3 Å². The highest BCUT2D eigenvalue weighted by atomic mass is 16.5. The fraction of sp³-hybridized carbons (Fsp3) is 0.474. The third-order valence-corrected chi connectivity index (χ3v) is 4.34. The summed E-state index contributed by atoms with van der Waals surface area (Å²) in [6, 6.07) is 5.06. The molecular weight excluding hydrogens is 338 g/mol. The zero-order chi connectivity index (χ0) is 19.1. The van der Waals surface area contributed by atoms with Crippen LogP contribution in [0.3, 0.4) is 0 Å². The van der Waals surface area contributed by atoms with E-state index in [1.165, 1.54) is 12.0 Å². The maximum absolute atomic E-state index is 12.5. The number of aliphatic carboxylic acids is 1. The number of amides is 1. The molecule has 2 unspecified atom stereocenters. The van der Waals surface area contributed by atoms with Gasteiger partial charge in [-0.3, -0.25) is 9.59 Å². The molecule has 26 heavy (non-hydrogen) atoms. The molecule has 1 fully saturated rings. The van der Waals surface area contributed by atoms with Crippen molar-refractivity contribution < 1.29 is 28.9 Å². The molecule has 7 heteroatoms. The lowest BCUT2D eigenvalue weighted by Gasteiger charge is -2.23. The van der Waals surface area contributed by atoms with Gasteiger partial charge in [-0.1, -0.05) is 18.2 Å². The second-order valence-corrected chi connectivity index (χ2v) is 6.09. The van der Waals surface area contributed by atoms with Gasteiger partial charge in [0.1, 0.15) is 0 Å². The smallest absolute Gasteiger partial charge is 0.305 e. The lowest BCUT2D eigenvalue weighted by atomic mass is 10.1. The van der Waals surface area contributed by atoms with Gasteiger partial charge in [0.15, 0.2) is 18.1 Å². The van der Waals surface area contributed by atoms with E-state index in [9.17, 15) is 9.59 Å². The molecule has 1 aromatic carbocycles. The summed E-state index contributed by atoms with van der Waals surface area (Å²) in [6.07, 6.45) is 4.10. The van der Waals surface area contributed by atoms with Crippen molar-refractivity contribution in [2.75, 3.05) is 27.4 Å². The monoisotopic (exact) mass is 363 g/mol. The number of carbonyl (C=O) groups is 2.